The number of hydrogen-bond acceptors (Lipinski definition) is 4. The van der Waals surface area contributed by atoms with Gasteiger partial charge in [-0.05, 0) is 62.4 Å². The van der Waals surface area contributed by atoms with Crippen molar-refractivity contribution in [1.82, 2.24) is 25.3 Å². The number of nitrogens with zero attached hydrogens (tertiary/aromatic N) is 3. The Morgan fingerprint density at radius 3 is 2.30 bits per heavy atom. The molecular weight excluding hydrogens is 414 g/mol. The quantitative estimate of drug-likeness (QED) is 0.549. The van der Waals surface area contributed by atoms with Gasteiger partial charge in [0.15, 0.2) is 0 Å². The van der Waals surface area contributed by atoms with E-state index < -0.39 is 5.54 Å². The van der Waals surface area contributed by atoms with Crippen LogP contribution >= 0.6 is 0 Å². The minimum Gasteiger partial charge on any atom is -0.323 e. The molecule has 1 atom stereocenters. The van der Waals surface area contributed by atoms with Crippen molar-refractivity contribution in [3.63, 3.8) is 0 Å². The highest BCUT2D eigenvalue weighted by Crippen LogP contribution is 2.35. The van der Waals surface area contributed by atoms with Crippen molar-refractivity contribution in [1.29, 1.82) is 0 Å². The molecule has 3 heterocycles. The molecule has 7 nitrogen and oxygen atoms in total. The maximum absolute atomic E-state index is 12.9. The van der Waals surface area contributed by atoms with Crippen LogP contribution in [0, 0.1) is 5.92 Å². The molecule has 2 aliphatic heterocycles. The van der Waals surface area contributed by atoms with Gasteiger partial charge in [-0.1, -0.05) is 48.5 Å². The number of benzene rings is 2. The van der Waals surface area contributed by atoms with Crippen molar-refractivity contribution in [2.24, 2.45) is 5.92 Å². The van der Waals surface area contributed by atoms with Crippen molar-refractivity contribution < 1.29 is 9.59 Å². The summed E-state index contributed by atoms with van der Waals surface area (Å²) in [4.78, 5) is 27.4. The van der Waals surface area contributed by atoms with Crippen molar-refractivity contribution in [2.45, 2.75) is 37.8 Å². The molecule has 170 valence electrons. The molecule has 2 aliphatic rings. The third-order valence-corrected chi connectivity index (χ3v) is 6.97. The number of aromatic nitrogens is 2. The second kappa shape index (κ2) is 9.19. The highest BCUT2D eigenvalue weighted by molar-refractivity contribution is 6.07. The summed E-state index contributed by atoms with van der Waals surface area (Å²) in [5.74, 6) is -0.0537. The van der Waals surface area contributed by atoms with Gasteiger partial charge in [0.2, 0.25) is 0 Å². The standard InChI is InChI=1S/C26H29N5O2/c32-24-26(29-25(33)28-24,14-11-20-7-3-1-4-8-20)22-12-15-30(16-13-22)18-21-17-27-31(19-21)23-9-5-2-6-10-23/h1-10,17,19,22H,11-16,18H2,(H2,28,29,32,33)/t26-/m0/s1. The number of rotatable bonds is 7. The number of para-hydroxylation sites is 1. The molecule has 2 saturated heterocycles. The zero-order valence-corrected chi connectivity index (χ0v) is 18.6. The van der Waals surface area contributed by atoms with Gasteiger partial charge in [0, 0.05) is 18.3 Å². The number of amides is 3. The Morgan fingerprint density at radius 2 is 1.64 bits per heavy atom. The average molecular weight is 444 g/mol. The van der Waals surface area contributed by atoms with E-state index in [1.807, 2.05) is 59.4 Å². The van der Waals surface area contributed by atoms with E-state index in [-0.39, 0.29) is 17.9 Å². The number of carbonyl (C=O) groups is 2. The first-order chi connectivity index (χ1) is 16.1. The molecular formula is C26H29N5O2. The zero-order valence-electron chi connectivity index (χ0n) is 18.6. The second-order valence-electron chi connectivity index (χ2n) is 9.04. The van der Waals surface area contributed by atoms with Crippen LogP contribution in [-0.2, 0) is 17.8 Å². The van der Waals surface area contributed by atoms with Gasteiger partial charge in [0.05, 0.1) is 11.9 Å². The summed E-state index contributed by atoms with van der Waals surface area (Å²) < 4.78 is 1.90. The predicted octanol–water partition coefficient (Wildman–Crippen LogP) is 3.30. The van der Waals surface area contributed by atoms with Gasteiger partial charge < -0.3 is 5.32 Å². The van der Waals surface area contributed by atoms with E-state index in [4.69, 9.17) is 0 Å². The van der Waals surface area contributed by atoms with Crippen LogP contribution in [0.25, 0.3) is 5.69 Å². The van der Waals surface area contributed by atoms with E-state index in [0.717, 1.165) is 44.6 Å². The summed E-state index contributed by atoms with van der Waals surface area (Å²) in [6.45, 7) is 2.60. The topological polar surface area (TPSA) is 79.3 Å². The van der Waals surface area contributed by atoms with E-state index in [2.05, 4.69) is 39.0 Å². The largest absolute Gasteiger partial charge is 0.323 e. The third kappa shape index (κ3) is 4.54. The summed E-state index contributed by atoms with van der Waals surface area (Å²) in [6, 6.07) is 19.9. The Labute approximate surface area is 193 Å². The van der Waals surface area contributed by atoms with E-state index in [9.17, 15) is 9.59 Å². The average Bonchev–Trinajstić information content (AvgIpc) is 3.43. The summed E-state index contributed by atoms with van der Waals surface area (Å²) in [7, 11) is 0. The van der Waals surface area contributed by atoms with Gasteiger partial charge in [-0.2, -0.15) is 5.10 Å². The Kier molecular flexibility index (Phi) is 5.96. The lowest BCUT2D eigenvalue weighted by Gasteiger charge is -2.40. The van der Waals surface area contributed by atoms with E-state index in [1.165, 1.54) is 11.1 Å². The van der Waals surface area contributed by atoms with Crippen molar-refractivity contribution in [3.8, 4) is 5.69 Å². The molecule has 33 heavy (non-hydrogen) atoms. The van der Waals surface area contributed by atoms with Gasteiger partial charge in [-0.25, -0.2) is 9.48 Å². The lowest BCUT2D eigenvalue weighted by molar-refractivity contribution is -0.127. The Bertz CT molecular complexity index is 1110. The SMILES string of the molecule is O=C1NC(=O)[C@](CCc2ccccc2)(C2CCN(Cc3cnn(-c4ccccc4)c3)CC2)N1. The number of urea groups is 1. The lowest BCUT2D eigenvalue weighted by Crippen LogP contribution is -2.56. The number of carbonyl (C=O) groups excluding carboxylic acids is 2. The zero-order chi connectivity index (χ0) is 22.7. The monoisotopic (exact) mass is 443 g/mol. The molecule has 3 amide bonds. The van der Waals surface area contributed by atoms with Crippen LogP contribution in [0.15, 0.2) is 73.1 Å². The van der Waals surface area contributed by atoms with Crippen LogP contribution in [0.2, 0.25) is 0 Å². The fourth-order valence-electron chi connectivity index (χ4n) is 5.16. The van der Waals surface area contributed by atoms with Crippen LogP contribution in [-0.4, -0.2) is 45.2 Å². The van der Waals surface area contributed by atoms with Gasteiger partial charge in [0.1, 0.15) is 5.54 Å². The minimum atomic E-state index is -0.822. The van der Waals surface area contributed by atoms with Gasteiger partial charge in [0.25, 0.3) is 5.91 Å². The number of aryl methyl sites for hydroxylation is 1. The van der Waals surface area contributed by atoms with Crippen LogP contribution in [0.5, 0.6) is 0 Å². The fourth-order valence-corrected chi connectivity index (χ4v) is 5.16. The summed E-state index contributed by atoms with van der Waals surface area (Å²) in [5, 5.41) is 10.0. The molecule has 5 rings (SSSR count). The first-order valence-corrected chi connectivity index (χ1v) is 11.6. The van der Waals surface area contributed by atoms with Crippen LogP contribution < -0.4 is 10.6 Å². The molecule has 0 bridgehead atoms. The number of hydrogen-bond donors (Lipinski definition) is 2. The highest BCUT2D eigenvalue weighted by atomic mass is 16.2. The molecule has 3 aromatic rings. The second-order valence-corrected chi connectivity index (χ2v) is 9.04. The van der Waals surface area contributed by atoms with Gasteiger partial charge in [-0.15, -0.1) is 0 Å². The number of imide groups is 1. The van der Waals surface area contributed by atoms with Gasteiger partial charge in [-0.3, -0.25) is 15.0 Å². The molecule has 0 spiro atoms. The van der Waals surface area contributed by atoms with E-state index in [1.54, 1.807) is 0 Å². The van der Waals surface area contributed by atoms with Crippen molar-refractivity contribution in [3.05, 3.63) is 84.2 Å². The van der Waals surface area contributed by atoms with Crippen LogP contribution in [0.3, 0.4) is 0 Å². The number of nitrogens with one attached hydrogen (secondary N) is 2. The number of likely N-dealkylation sites (tertiary alicyclic amines) is 1. The number of piperidine rings is 1. The van der Waals surface area contributed by atoms with Gasteiger partial charge >= 0.3 is 6.03 Å². The smallest absolute Gasteiger partial charge is 0.322 e. The summed E-state index contributed by atoms with van der Waals surface area (Å²) in [5.41, 5.74) is 2.57. The molecule has 0 unspecified atom stereocenters. The third-order valence-electron chi connectivity index (χ3n) is 6.97. The normalized spacial score (nSPS) is 21.7. The summed E-state index contributed by atoms with van der Waals surface area (Å²) in [6.07, 6.45) is 7.11. The molecule has 0 aliphatic carbocycles. The lowest BCUT2D eigenvalue weighted by atomic mass is 9.74. The first-order valence-electron chi connectivity index (χ1n) is 11.6. The van der Waals surface area contributed by atoms with E-state index >= 15 is 0 Å². The molecule has 2 fully saturated rings. The predicted molar refractivity (Wildman–Crippen MR) is 126 cm³/mol. The molecule has 0 saturated carbocycles. The maximum Gasteiger partial charge on any atom is 0.322 e. The molecule has 7 heteroatoms. The first kappa shape index (κ1) is 21.4. The molecule has 1 aromatic heterocycles. The van der Waals surface area contributed by atoms with Crippen molar-refractivity contribution >= 4 is 11.9 Å². The summed E-state index contributed by atoms with van der Waals surface area (Å²) >= 11 is 0. The molecule has 0 radical (unpaired) electrons. The van der Waals surface area contributed by atoms with Crippen LogP contribution in [0.4, 0.5) is 4.79 Å². The van der Waals surface area contributed by atoms with E-state index in [0.29, 0.717) is 6.42 Å². The Hall–Kier alpha value is -3.45. The van der Waals surface area contributed by atoms with Crippen LogP contribution in [0.1, 0.15) is 30.4 Å². The minimum absolute atomic E-state index is 0.121. The molecule has 2 N–H and O–H groups in total. The highest BCUT2D eigenvalue weighted by Gasteiger charge is 2.51. The maximum atomic E-state index is 12.9. The fraction of sp³-hybridized carbons (Fsp3) is 0.346. The van der Waals surface area contributed by atoms with Crippen molar-refractivity contribution in [2.75, 3.05) is 13.1 Å². The Morgan fingerprint density at radius 1 is 0.939 bits per heavy atom. The molecule has 2 aromatic carbocycles. The Balaban J connectivity index is 1.22.